The van der Waals surface area contributed by atoms with E-state index < -0.39 is 0 Å². The molecule has 1 aliphatic heterocycles. The predicted octanol–water partition coefficient (Wildman–Crippen LogP) is 2.54. The zero-order valence-electron chi connectivity index (χ0n) is 10.6. The molecule has 0 spiro atoms. The summed E-state index contributed by atoms with van der Waals surface area (Å²) < 4.78 is 6.81. The zero-order chi connectivity index (χ0) is 12.1. The fraction of sp³-hybridized carbons (Fsp3) is 0.538. The third-order valence-corrected chi connectivity index (χ3v) is 3.58. The first-order chi connectivity index (χ1) is 8.25. The molecule has 1 aromatic carbocycles. The van der Waals surface area contributed by atoms with Gasteiger partial charge in [-0.05, 0) is 25.1 Å². The maximum atomic E-state index is 5.75. The second-order valence-electron chi connectivity index (χ2n) is 4.39. The maximum absolute atomic E-state index is 5.75. The van der Waals surface area contributed by atoms with Gasteiger partial charge in [-0.15, -0.1) is 12.4 Å². The van der Waals surface area contributed by atoms with E-state index in [0.29, 0.717) is 6.04 Å². The van der Waals surface area contributed by atoms with E-state index in [-0.39, 0.29) is 12.4 Å². The van der Waals surface area contributed by atoms with E-state index in [2.05, 4.69) is 33.1 Å². The highest BCUT2D eigenvalue weighted by Gasteiger charge is 2.16. The van der Waals surface area contributed by atoms with Crippen LogP contribution in [0, 0.1) is 0 Å². The van der Waals surface area contributed by atoms with E-state index in [1.54, 1.807) is 0 Å². The standard InChI is InChI=1S/C13H19BrN2O.ClH/c1-11-10-15-5-6-16(11)7-8-17-13-4-2-3-12(14)9-13;/h2-4,9,11,15H,5-8,10H2,1H3;1H/t11-;/m0./s1. The molecule has 0 bridgehead atoms. The molecule has 1 fully saturated rings. The van der Waals surface area contributed by atoms with Crippen LogP contribution in [0.3, 0.4) is 0 Å². The monoisotopic (exact) mass is 334 g/mol. The molecule has 1 N–H and O–H groups in total. The van der Waals surface area contributed by atoms with Gasteiger partial charge in [-0.25, -0.2) is 0 Å². The Bertz CT molecular complexity index is 365. The Labute approximate surface area is 123 Å². The van der Waals surface area contributed by atoms with Crippen LogP contribution in [0.15, 0.2) is 28.7 Å². The summed E-state index contributed by atoms with van der Waals surface area (Å²) >= 11 is 3.44. The van der Waals surface area contributed by atoms with E-state index in [4.69, 9.17) is 4.74 Å². The molecule has 0 saturated carbocycles. The number of hydrogen-bond acceptors (Lipinski definition) is 3. The summed E-state index contributed by atoms with van der Waals surface area (Å²) in [6, 6.07) is 8.60. The molecular weight excluding hydrogens is 316 g/mol. The van der Waals surface area contributed by atoms with E-state index in [9.17, 15) is 0 Å². The molecule has 0 aliphatic carbocycles. The van der Waals surface area contributed by atoms with Gasteiger partial charge in [0.1, 0.15) is 12.4 Å². The lowest BCUT2D eigenvalue weighted by atomic mass is 10.2. The first kappa shape index (κ1) is 15.8. The number of rotatable bonds is 4. The molecule has 1 heterocycles. The van der Waals surface area contributed by atoms with Crippen molar-refractivity contribution in [3.05, 3.63) is 28.7 Å². The maximum Gasteiger partial charge on any atom is 0.120 e. The summed E-state index contributed by atoms with van der Waals surface area (Å²) in [5.41, 5.74) is 0. The molecule has 1 saturated heterocycles. The zero-order valence-corrected chi connectivity index (χ0v) is 13.0. The smallest absolute Gasteiger partial charge is 0.120 e. The van der Waals surface area contributed by atoms with Crippen molar-refractivity contribution in [2.45, 2.75) is 13.0 Å². The van der Waals surface area contributed by atoms with Crippen LogP contribution in [0.25, 0.3) is 0 Å². The second-order valence-corrected chi connectivity index (χ2v) is 5.31. The Kier molecular flexibility index (Phi) is 7.00. The summed E-state index contributed by atoms with van der Waals surface area (Å²) in [6.45, 7) is 7.28. The minimum atomic E-state index is 0. The van der Waals surface area contributed by atoms with Crippen LogP contribution in [0.2, 0.25) is 0 Å². The molecule has 102 valence electrons. The molecule has 0 radical (unpaired) electrons. The van der Waals surface area contributed by atoms with Crippen molar-refractivity contribution in [3.8, 4) is 5.75 Å². The number of ether oxygens (including phenoxy) is 1. The van der Waals surface area contributed by atoms with Gasteiger partial charge < -0.3 is 10.1 Å². The number of benzene rings is 1. The van der Waals surface area contributed by atoms with Crippen molar-refractivity contribution in [2.75, 3.05) is 32.8 Å². The molecule has 1 aromatic rings. The van der Waals surface area contributed by atoms with Gasteiger partial charge in [-0.1, -0.05) is 22.0 Å². The summed E-state index contributed by atoms with van der Waals surface area (Å²) in [5.74, 6) is 0.933. The van der Waals surface area contributed by atoms with Crippen LogP contribution in [0.5, 0.6) is 5.75 Å². The lowest BCUT2D eigenvalue weighted by Gasteiger charge is -2.33. The summed E-state index contributed by atoms with van der Waals surface area (Å²) in [7, 11) is 0. The Balaban J connectivity index is 0.00000162. The molecule has 1 atom stereocenters. The van der Waals surface area contributed by atoms with Gasteiger partial charge in [0.25, 0.3) is 0 Å². The Morgan fingerprint density at radius 2 is 2.33 bits per heavy atom. The van der Waals surface area contributed by atoms with E-state index in [1.807, 2.05) is 24.3 Å². The first-order valence-electron chi connectivity index (χ1n) is 6.09. The fourth-order valence-electron chi connectivity index (χ4n) is 2.05. The molecule has 0 unspecified atom stereocenters. The predicted molar refractivity (Wildman–Crippen MR) is 80.8 cm³/mol. The first-order valence-corrected chi connectivity index (χ1v) is 6.88. The van der Waals surface area contributed by atoms with Gasteiger partial charge in [-0.3, -0.25) is 4.90 Å². The van der Waals surface area contributed by atoms with Crippen LogP contribution < -0.4 is 10.1 Å². The quantitative estimate of drug-likeness (QED) is 0.915. The highest BCUT2D eigenvalue weighted by molar-refractivity contribution is 9.10. The van der Waals surface area contributed by atoms with Crippen LogP contribution in [-0.4, -0.2) is 43.7 Å². The Morgan fingerprint density at radius 1 is 1.50 bits per heavy atom. The molecule has 18 heavy (non-hydrogen) atoms. The highest BCUT2D eigenvalue weighted by atomic mass is 79.9. The number of halogens is 2. The van der Waals surface area contributed by atoms with E-state index >= 15 is 0 Å². The van der Waals surface area contributed by atoms with Crippen molar-refractivity contribution in [3.63, 3.8) is 0 Å². The molecule has 0 aromatic heterocycles. The van der Waals surface area contributed by atoms with Crippen LogP contribution in [0.1, 0.15) is 6.92 Å². The van der Waals surface area contributed by atoms with Gasteiger partial charge in [0.2, 0.25) is 0 Å². The number of piperazine rings is 1. The molecular formula is C13H20BrClN2O. The van der Waals surface area contributed by atoms with Gasteiger partial charge in [0.05, 0.1) is 0 Å². The average molecular weight is 336 g/mol. The highest BCUT2D eigenvalue weighted by Crippen LogP contribution is 2.17. The summed E-state index contributed by atoms with van der Waals surface area (Å²) in [5, 5.41) is 3.39. The number of hydrogen-bond donors (Lipinski definition) is 1. The van der Waals surface area contributed by atoms with Gasteiger partial charge in [0.15, 0.2) is 0 Å². The Hall–Kier alpha value is -0.290. The van der Waals surface area contributed by atoms with Crippen molar-refractivity contribution in [2.24, 2.45) is 0 Å². The number of nitrogens with one attached hydrogen (secondary N) is 1. The van der Waals surface area contributed by atoms with Gasteiger partial charge >= 0.3 is 0 Å². The van der Waals surface area contributed by atoms with Crippen molar-refractivity contribution >= 4 is 28.3 Å². The van der Waals surface area contributed by atoms with Crippen LogP contribution in [0.4, 0.5) is 0 Å². The summed E-state index contributed by atoms with van der Waals surface area (Å²) in [4.78, 5) is 2.47. The molecule has 2 rings (SSSR count). The molecule has 5 heteroatoms. The third-order valence-electron chi connectivity index (χ3n) is 3.08. The second kappa shape index (κ2) is 8.00. The molecule has 1 aliphatic rings. The van der Waals surface area contributed by atoms with E-state index in [1.165, 1.54) is 0 Å². The normalized spacial score (nSPS) is 20.2. The van der Waals surface area contributed by atoms with Gasteiger partial charge in [-0.2, -0.15) is 0 Å². The van der Waals surface area contributed by atoms with Crippen molar-refractivity contribution in [1.29, 1.82) is 0 Å². The third kappa shape index (κ3) is 4.76. The van der Waals surface area contributed by atoms with Gasteiger partial charge in [0, 0.05) is 36.7 Å². The average Bonchev–Trinajstić information content (AvgIpc) is 2.32. The minimum absolute atomic E-state index is 0. The van der Waals surface area contributed by atoms with Crippen molar-refractivity contribution < 1.29 is 4.74 Å². The van der Waals surface area contributed by atoms with Crippen LogP contribution >= 0.6 is 28.3 Å². The van der Waals surface area contributed by atoms with Crippen LogP contribution in [-0.2, 0) is 0 Å². The largest absolute Gasteiger partial charge is 0.492 e. The van der Waals surface area contributed by atoms with Crippen molar-refractivity contribution in [1.82, 2.24) is 10.2 Å². The number of nitrogens with zero attached hydrogens (tertiary/aromatic N) is 1. The molecule has 3 nitrogen and oxygen atoms in total. The minimum Gasteiger partial charge on any atom is -0.492 e. The topological polar surface area (TPSA) is 24.5 Å². The lowest BCUT2D eigenvalue weighted by molar-refractivity contribution is 0.143. The SMILES string of the molecule is C[C@H]1CNCCN1CCOc1cccc(Br)c1.Cl. The van der Waals surface area contributed by atoms with E-state index in [0.717, 1.165) is 43.0 Å². The Morgan fingerprint density at radius 3 is 3.06 bits per heavy atom. The lowest BCUT2D eigenvalue weighted by Crippen LogP contribution is -2.50. The molecule has 0 amide bonds. The fourth-order valence-corrected chi connectivity index (χ4v) is 2.43. The summed E-state index contributed by atoms with van der Waals surface area (Å²) in [6.07, 6.45) is 0.